The molecule has 3 aliphatic rings. The number of methoxy groups -OCH3 is 3. The van der Waals surface area contributed by atoms with E-state index in [0.717, 1.165) is 33.4 Å². The highest BCUT2D eigenvalue weighted by atomic mass is 16.5. The van der Waals surface area contributed by atoms with Crippen molar-refractivity contribution >= 4 is 0 Å². The summed E-state index contributed by atoms with van der Waals surface area (Å²) in [6.45, 7) is 3.53. The lowest BCUT2D eigenvalue weighted by molar-refractivity contribution is -0.874. The van der Waals surface area contributed by atoms with Crippen molar-refractivity contribution in [1.29, 1.82) is 0 Å². The van der Waals surface area contributed by atoms with Gasteiger partial charge in [0.1, 0.15) is 11.9 Å². The number of ether oxygens (including phenoxy) is 4. The highest BCUT2D eigenvalue weighted by Crippen LogP contribution is 2.39. The number of hydrogen-bond donors (Lipinski definition) is 2. The standard InChI is InChI=1S/C18H25NO5/c1-18(2,20)13-9-11-15(22-5)10-7-8-12(21-4)16(23-6)14(10)19(3)17(11)24-13/h7-8,13-14,20H,9H2,1-6H3/p+1. The lowest BCUT2D eigenvalue weighted by Gasteiger charge is -2.34. The molecule has 0 aromatic rings. The third-order valence-corrected chi connectivity index (χ3v) is 4.91. The van der Waals surface area contributed by atoms with Gasteiger partial charge in [-0.2, -0.15) is 0 Å². The summed E-state index contributed by atoms with van der Waals surface area (Å²) in [4.78, 5) is 1.04. The molecule has 1 aliphatic carbocycles. The average molecular weight is 336 g/mol. The number of allylic oxidation sites excluding steroid dienone is 2. The van der Waals surface area contributed by atoms with Gasteiger partial charge in [-0.3, -0.25) is 4.90 Å². The Bertz CT molecular complexity index is 665. The molecule has 0 spiro atoms. The van der Waals surface area contributed by atoms with E-state index in [4.69, 9.17) is 18.9 Å². The molecule has 3 atom stereocenters. The van der Waals surface area contributed by atoms with E-state index in [9.17, 15) is 5.11 Å². The van der Waals surface area contributed by atoms with E-state index in [0.29, 0.717) is 12.2 Å². The predicted molar refractivity (Wildman–Crippen MR) is 87.7 cm³/mol. The molecule has 0 saturated heterocycles. The van der Waals surface area contributed by atoms with Crippen LogP contribution in [0.3, 0.4) is 0 Å². The van der Waals surface area contributed by atoms with Crippen LogP contribution in [0.5, 0.6) is 0 Å². The van der Waals surface area contributed by atoms with Crippen LogP contribution >= 0.6 is 0 Å². The molecule has 132 valence electrons. The zero-order chi connectivity index (χ0) is 17.6. The van der Waals surface area contributed by atoms with E-state index in [1.165, 1.54) is 0 Å². The van der Waals surface area contributed by atoms with Crippen LogP contribution in [-0.2, 0) is 18.9 Å². The maximum absolute atomic E-state index is 10.4. The van der Waals surface area contributed by atoms with Crippen molar-refractivity contribution in [2.75, 3.05) is 28.4 Å². The fourth-order valence-electron chi connectivity index (χ4n) is 3.65. The van der Waals surface area contributed by atoms with Crippen LogP contribution in [0.2, 0.25) is 0 Å². The summed E-state index contributed by atoms with van der Waals surface area (Å²) in [6, 6.07) is -0.107. The van der Waals surface area contributed by atoms with Crippen molar-refractivity contribution in [3.8, 4) is 0 Å². The topological polar surface area (TPSA) is 61.6 Å². The minimum Gasteiger partial charge on any atom is -0.496 e. The van der Waals surface area contributed by atoms with Crippen LogP contribution in [0.15, 0.2) is 46.5 Å². The van der Waals surface area contributed by atoms with Gasteiger partial charge in [0.15, 0.2) is 11.8 Å². The first-order chi connectivity index (χ1) is 11.3. The van der Waals surface area contributed by atoms with Crippen LogP contribution in [-0.4, -0.2) is 51.2 Å². The van der Waals surface area contributed by atoms with Gasteiger partial charge in [-0.05, 0) is 26.0 Å². The molecule has 2 heterocycles. The molecule has 6 nitrogen and oxygen atoms in total. The number of likely N-dealkylation sites (N-methyl/N-ethyl adjacent to an activating group) is 1. The largest absolute Gasteiger partial charge is 0.496 e. The molecule has 0 fully saturated rings. The summed E-state index contributed by atoms with van der Waals surface area (Å²) < 4.78 is 22.9. The molecule has 0 bridgehead atoms. The van der Waals surface area contributed by atoms with Crippen molar-refractivity contribution in [3.63, 3.8) is 0 Å². The number of rotatable bonds is 4. The number of aliphatic hydroxyl groups is 1. The monoisotopic (exact) mass is 336 g/mol. The Labute approximate surface area is 142 Å². The Hall–Kier alpha value is -1.92. The molecule has 0 aromatic carbocycles. The van der Waals surface area contributed by atoms with Crippen LogP contribution in [0.4, 0.5) is 0 Å². The van der Waals surface area contributed by atoms with Gasteiger partial charge >= 0.3 is 0 Å². The Morgan fingerprint density at radius 1 is 1.17 bits per heavy atom. The van der Waals surface area contributed by atoms with Gasteiger partial charge in [0.25, 0.3) is 5.88 Å². The Morgan fingerprint density at radius 3 is 2.42 bits per heavy atom. The van der Waals surface area contributed by atoms with Gasteiger partial charge in [-0.25, -0.2) is 0 Å². The molecular weight excluding hydrogens is 310 g/mol. The second-order valence-electron chi connectivity index (χ2n) is 6.85. The molecule has 6 heteroatoms. The number of hydrogen-bond acceptors (Lipinski definition) is 5. The maximum atomic E-state index is 10.4. The second kappa shape index (κ2) is 5.86. The molecule has 2 N–H and O–H groups in total. The number of nitrogens with one attached hydrogen (secondary N) is 1. The Balaban J connectivity index is 2.08. The van der Waals surface area contributed by atoms with Gasteiger partial charge < -0.3 is 24.1 Å². The highest BCUT2D eigenvalue weighted by Gasteiger charge is 2.50. The normalized spacial score (nSPS) is 29.4. The van der Waals surface area contributed by atoms with E-state index in [2.05, 4.69) is 0 Å². The van der Waals surface area contributed by atoms with E-state index in [-0.39, 0.29) is 12.1 Å². The van der Waals surface area contributed by atoms with Gasteiger partial charge in [0, 0.05) is 6.42 Å². The average Bonchev–Trinajstić information content (AvgIpc) is 3.00. The van der Waals surface area contributed by atoms with Gasteiger partial charge in [0.2, 0.25) is 5.76 Å². The quantitative estimate of drug-likeness (QED) is 0.789. The van der Waals surface area contributed by atoms with E-state index in [1.54, 1.807) is 35.2 Å². The summed E-state index contributed by atoms with van der Waals surface area (Å²) in [5.74, 6) is 3.03. The fourth-order valence-corrected chi connectivity index (χ4v) is 3.65. The Morgan fingerprint density at radius 2 is 1.88 bits per heavy atom. The molecule has 0 amide bonds. The van der Waals surface area contributed by atoms with Crippen molar-refractivity contribution in [2.24, 2.45) is 0 Å². The van der Waals surface area contributed by atoms with Crippen molar-refractivity contribution in [2.45, 2.75) is 38.0 Å². The maximum Gasteiger partial charge on any atom is 0.298 e. The fraction of sp³-hybridized carbons (Fsp3) is 0.556. The first-order valence-corrected chi connectivity index (χ1v) is 8.08. The van der Waals surface area contributed by atoms with Crippen LogP contribution in [0, 0.1) is 0 Å². The third-order valence-electron chi connectivity index (χ3n) is 4.91. The zero-order valence-electron chi connectivity index (χ0n) is 15.1. The third kappa shape index (κ3) is 2.41. The smallest absolute Gasteiger partial charge is 0.298 e. The van der Waals surface area contributed by atoms with Crippen LogP contribution in [0.1, 0.15) is 20.3 Å². The van der Waals surface area contributed by atoms with Crippen LogP contribution < -0.4 is 4.90 Å². The summed E-state index contributed by atoms with van der Waals surface area (Å²) in [5.41, 5.74) is 1.11. The summed E-state index contributed by atoms with van der Waals surface area (Å²) in [5, 5.41) is 10.4. The summed E-state index contributed by atoms with van der Waals surface area (Å²) in [6.07, 6.45) is 4.22. The molecular formula is C18H26NO5+. The lowest BCUT2D eigenvalue weighted by atomic mass is 9.88. The number of quaternary nitrogens is 1. The van der Waals surface area contributed by atoms with Gasteiger partial charge in [0.05, 0.1) is 45.1 Å². The molecule has 3 rings (SSSR count). The van der Waals surface area contributed by atoms with E-state index >= 15 is 0 Å². The van der Waals surface area contributed by atoms with Gasteiger partial charge in [-0.1, -0.05) is 0 Å². The predicted octanol–water partition coefficient (Wildman–Crippen LogP) is 0.629. The van der Waals surface area contributed by atoms with Crippen molar-refractivity contribution < 1.29 is 29.0 Å². The molecule has 24 heavy (non-hydrogen) atoms. The minimum atomic E-state index is -0.931. The summed E-state index contributed by atoms with van der Waals surface area (Å²) in [7, 11) is 6.97. The zero-order valence-corrected chi connectivity index (χ0v) is 15.1. The van der Waals surface area contributed by atoms with Crippen molar-refractivity contribution in [1.82, 2.24) is 0 Å². The van der Waals surface area contributed by atoms with E-state index in [1.807, 2.05) is 19.2 Å². The molecule has 2 aliphatic heterocycles. The molecule has 3 unspecified atom stereocenters. The second-order valence-corrected chi connectivity index (χ2v) is 6.85. The SMILES string of the molecule is COC1=C(OC)C2C(=C(OC)C3=C(OC(C(C)(C)O)C3)[NH+]2C)C=C1. The summed E-state index contributed by atoms with van der Waals surface area (Å²) >= 11 is 0. The molecule has 0 saturated carbocycles. The van der Waals surface area contributed by atoms with Crippen LogP contribution in [0.25, 0.3) is 0 Å². The van der Waals surface area contributed by atoms with E-state index < -0.39 is 5.60 Å². The first kappa shape index (κ1) is 16.9. The lowest BCUT2D eigenvalue weighted by Crippen LogP contribution is -3.12. The first-order valence-electron chi connectivity index (χ1n) is 8.08. The Kier molecular flexibility index (Phi) is 4.13. The highest BCUT2D eigenvalue weighted by molar-refractivity contribution is 5.50. The van der Waals surface area contributed by atoms with Gasteiger partial charge in [-0.15, -0.1) is 0 Å². The van der Waals surface area contributed by atoms with Crippen molar-refractivity contribution in [3.05, 3.63) is 46.5 Å². The molecule has 0 radical (unpaired) electrons. The number of fused-ring (bicyclic) bond motifs is 1. The minimum absolute atomic E-state index is 0.107. The molecule has 0 aromatic heterocycles.